The van der Waals surface area contributed by atoms with Gasteiger partial charge in [-0.25, -0.2) is 4.98 Å². The van der Waals surface area contributed by atoms with Gasteiger partial charge in [0.25, 0.3) is 0 Å². The minimum Gasteiger partial charge on any atom is -0.463 e. The Kier molecular flexibility index (Phi) is 6.64. The molecule has 3 heterocycles. The summed E-state index contributed by atoms with van der Waals surface area (Å²) in [5.41, 5.74) is 0.257. The first-order valence-electron chi connectivity index (χ1n) is 8.89. The smallest absolute Gasteiger partial charge is 0.303 e. The monoisotopic (exact) mass is 470 g/mol. The Morgan fingerprint density at radius 2 is 1.77 bits per heavy atom. The first kappa shape index (κ1) is 22.7. The highest BCUT2D eigenvalue weighted by atomic mass is 35.5. The predicted molar refractivity (Wildman–Crippen MR) is 104 cm³/mol. The number of carbonyl (C=O) groups excluding carboxylic acids is 3. The molecule has 2 aromatic rings. The first-order valence-corrected chi connectivity index (χ1v) is 9.65. The number of aromatic nitrogens is 3. The van der Waals surface area contributed by atoms with Gasteiger partial charge in [0.05, 0.1) is 10.9 Å². The molecule has 1 saturated heterocycles. The number of fused-ring (bicyclic) bond motifs is 1. The summed E-state index contributed by atoms with van der Waals surface area (Å²) < 4.78 is 23.0. The highest BCUT2D eigenvalue weighted by molar-refractivity contribution is 6.36. The molecule has 0 aliphatic carbocycles. The number of hydrogen-bond donors (Lipinski definition) is 0. The van der Waals surface area contributed by atoms with Crippen molar-refractivity contribution in [1.82, 2.24) is 14.5 Å². The third-order valence-corrected chi connectivity index (χ3v) is 4.78. The normalized spacial score (nSPS) is 22.7. The maximum Gasteiger partial charge on any atom is 0.303 e. The van der Waals surface area contributed by atoms with Gasteiger partial charge in [-0.2, -0.15) is 10.2 Å². The van der Waals surface area contributed by atoms with Crippen LogP contribution in [0.25, 0.3) is 11.0 Å². The number of nitrogens with zero attached hydrogens (tertiary/aromatic N) is 4. The van der Waals surface area contributed by atoms with Crippen LogP contribution in [0.5, 0.6) is 0 Å². The van der Waals surface area contributed by atoms with Crippen LogP contribution in [-0.2, 0) is 33.3 Å². The lowest BCUT2D eigenvalue weighted by atomic mass is 10.1. The molecule has 4 atom stereocenters. The van der Waals surface area contributed by atoms with Gasteiger partial charge in [0.15, 0.2) is 18.4 Å². The summed E-state index contributed by atoms with van der Waals surface area (Å²) in [5.74, 6) is -1.92. The topological polar surface area (TPSA) is 143 Å². The lowest BCUT2D eigenvalue weighted by Gasteiger charge is -2.24. The summed E-state index contributed by atoms with van der Waals surface area (Å²) in [7, 11) is 0. The molecule has 1 aliphatic heterocycles. The van der Waals surface area contributed by atoms with Crippen LogP contribution in [0.3, 0.4) is 0 Å². The maximum atomic E-state index is 11.8. The molecule has 13 heteroatoms. The van der Waals surface area contributed by atoms with Crippen LogP contribution in [0.1, 0.15) is 32.6 Å². The second kappa shape index (κ2) is 9.05. The minimum absolute atomic E-state index is 0.0552. The molecule has 11 nitrogen and oxygen atoms in total. The summed E-state index contributed by atoms with van der Waals surface area (Å²) in [5, 5.41) is 9.48. The average Bonchev–Trinajstić information content (AvgIpc) is 3.18. The van der Waals surface area contributed by atoms with Crippen molar-refractivity contribution in [3.05, 3.63) is 22.2 Å². The Bertz CT molecular complexity index is 1100. The molecule has 2 aromatic heterocycles. The summed E-state index contributed by atoms with van der Waals surface area (Å²) in [6, 6.07) is 1.98. The van der Waals surface area contributed by atoms with Gasteiger partial charge >= 0.3 is 17.9 Å². The molecule has 0 amide bonds. The van der Waals surface area contributed by atoms with Gasteiger partial charge in [-0.3, -0.25) is 14.4 Å². The van der Waals surface area contributed by atoms with E-state index in [0.717, 1.165) is 0 Å². The minimum atomic E-state index is -1.16. The van der Waals surface area contributed by atoms with Gasteiger partial charge in [-0.1, -0.05) is 11.6 Å². The second-order valence-electron chi connectivity index (χ2n) is 6.56. The molecule has 1 aliphatic rings. The van der Waals surface area contributed by atoms with E-state index in [1.54, 1.807) is 0 Å². The standard InChI is InChI=1S/C18H16Cl2N4O7/c1-7(25)28-6-11-13(29-8(2)26)14(30-9(3)27)17(31-11)24-5-10(4-21)12-15(19)22-18(20)23-16(12)24/h5,11,13-14,17H,6H2,1-3H3/t11-,13-,14-,17-/m1/s1. The van der Waals surface area contributed by atoms with Crippen LogP contribution in [0.2, 0.25) is 10.4 Å². The van der Waals surface area contributed by atoms with Gasteiger partial charge in [0.2, 0.25) is 5.28 Å². The van der Waals surface area contributed by atoms with Gasteiger partial charge in [0.1, 0.15) is 29.6 Å². The van der Waals surface area contributed by atoms with Gasteiger partial charge in [-0.05, 0) is 11.6 Å². The highest BCUT2D eigenvalue weighted by Crippen LogP contribution is 2.38. The van der Waals surface area contributed by atoms with E-state index in [-0.39, 0.29) is 33.6 Å². The van der Waals surface area contributed by atoms with Gasteiger partial charge in [0, 0.05) is 27.0 Å². The number of hydrogen-bond acceptors (Lipinski definition) is 10. The quantitative estimate of drug-likeness (QED) is 0.275. The fourth-order valence-electron chi connectivity index (χ4n) is 3.28. The molecule has 164 valence electrons. The molecule has 0 radical (unpaired) electrons. The summed E-state index contributed by atoms with van der Waals surface area (Å²) in [6.45, 7) is 3.27. The molecule has 0 saturated carbocycles. The summed E-state index contributed by atoms with van der Waals surface area (Å²) in [6.07, 6.45) is -2.97. The average molecular weight is 471 g/mol. The van der Waals surface area contributed by atoms with Crippen molar-refractivity contribution < 1.29 is 33.3 Å². The Hall–Kier alpha value is -2.94. The number of nitriles is 1. The number of esters is 3. The van der Waals surface area contributed by atoms with Crippen LogP contribution < -0.4 is 0 Å². The van der Waals surface area contributed by atoms with Crippen molar-refractivity contribution in [2.24, 2.45) is 0 Å². The van der Waals surface area contributed by atoms with Crippen molar-refractivity contribution in [2.45, 2.75) is 45.3 Å². The second-order valence-corrected chi connectivity index (χ2v) is 7.26. The SMILES string of the molecule is CC(=O)OC[C@H]1O[C@@H](n2cc(C#N)c3c(Cl)nc(Cl)nc32)[C@H](OC(C)=O)[C@@H]1OC(C)=O. The fourth-order valence-corrected chi connectivity index (χ4v) is 3.75. The van der Waals surface area contributed by atoms with E-state index < -0.39 is 42.4 Å². The van der Waals surface area contributed by atoms with Gasteiger partial charge < -0.3 is 23.5 Å². The van der Waals surface area contributed by atoms with Crippen molar-refractivity contribution in [3.8, 4) is 6.07 Å². The molecule has 0 aromatic carbocycles. The third-order valence-electron chi connectivity index (χ3n) is 4.34. The molecule has 3 rings (SSSR count). The van der Waals surface area contributed by atoms with E-state index >= 15 is 0 Å². The summed E-state index contributed by atoms with van der Waals surface area (Å²) >= 11 is 12.1. The van der Waals surface area contributed by atoms with Crippen molar-refractivity contribution >= 4 is 52.1 Å². The largest absolute Gasteiger partial charge is 0.463 e. The van der Waals surface area contributed by atoms with E-state index in [4.69, 9.17) is 42.1 Å². The molecule has 0 spiro atoms. The lowest BCUT2D eigenvalue weighted by Crippen LogP contribution is -2.40. The van der Waals surface area contributed by atoms with Crippen LogP contribution in [0, 0.1) is 11.3 Å². The number of carbonyl (C=O) groups is 3. The number of halogens is 2. The van der Waals surface area contributed by atoms with Crippen molar-refractivity contribution in [1.29, 1.82) is 5.26 Å². The van der Waals surface area contributed by atoms with E-state index in [9.17, 15) is 19.6 Å². The van der Waals surface area contributed by atoms with E-state index in [1.165, 1.54) is 31.5 Å². The van der Waals surface area contributed by atoms with Gasteiger partial charge in [-0.15, -0.1) is 0 Å². The Balaban J connectivity index is 2.13. The van der Waals surface area contributed by atoms with E-state index in [0.29, 0.717) is 0 Å². The fraction of sp³-hybridized carbons (Fsp3) is 0.444. The molecule has 1 fully saturated rings. The zero-order chi connectivity index (χ0) is 22.9. The zero-order valence-electron chi connectivity index (χ0n) is 16.5. The zero-order valence-corrected chi connectivity index (χ0v) is 18.0. The molecule has 0 N–H and O–H groups in total. The molecule has 0 bridgehead atoms. The van der Waals surface area contributed by atoms with E-state index in [2.05, 4.69) is 9.97 Å². The van der Waals surface area contributed by atoms with Crippen molar-refractivity contribution in [2.75, 3.05) is 6.61 Å². The van der Waals surface area contributed by atoms with Crippen LogP contribution in [0.15, 0.2) is 6.20 Å². The van der Waals surface area contributed by atoms with Crippen LogP contribution in [-0.4, -0.2) is 57.4 Å². The third kappa shape index (κ3) is 4.71. The van der Waals surface area contributed by atoms with E-state index in [1.807, 2.05) is 6.07 Å². The molecule has 0 unspecified atom stereocenters. The molecular weight excluding hydrogens is 455 g/mol. The van der Waals surface area contributed by atoms with Crippen molar-refractivity contribution in [3.63, 3.8) is 0 Å². The maximum absolute atomic E-state index is 11.8. The van der Waals surface area contributed by atoms with Crippen LogP contribution in [0.4, 0.5) is 0 Å². The highest BCUT2D eigenvalue weighted by Gasteiger charge is 2.51. The first-order chi connectivity index (χ1) is 14.6. The Morgan fingerprint density at radius 3 is 2.35 bits per heavy atom. The van der Waals surface area contributed by atoms with Crippen LogP contribution >= 0.6 is 23.2 Å². The lowest BCUT2D eigenvalue weighted by molar-refractivity contribution is -0.166. The number of ether oxygens (including phenoxy) is 4. The molecular formula is C18H16Cl2N4O7. The predicted octanol–water partition coefficient (Wildman–Crippen LogP) is 1.93. The molecule has 31 heavy (non-hydrogen) atoms. The number of rotatable bonds is 5. The summed E-state index contributed by atoms with van der Waals surface area (Å²) in [4.78, 5) is 42.7. The Morgan fingerprint density at radius 1 is 1.13 bits per heavy atom. The Labute approximate surface area is 185 Å².